The van der Waals surface area contributed by atoms with Gasteiger partial charge >= 0.3 is 0 Å². The molecular weight excluding hydrogens is 218 g/mol. The Bertz CT molecular complexity index is 355. The molecule has 3 unspecified atom stereocenters. The van der Waals surface area contributed by atoms with Crippen LogP contribution < -0.4 is 0 Å². The fourth-order valence-corrected chi connectivity index (χ4v) is 2.51. The van der Waals surface area contributed by atoms with Crippen LogP contribution in [0.4, 0.5) is 0 Å². The fraction of sp³-hybridized carbons (Fsp3) is 0.667. The monoisotopic (exact) mass is 237 g/mol. The van der Waals surface area contributed by atoms with Gasteiger partial charge in [-0.2, -0.15) is 0 Å². The van der Waals surface area contributed by atoms with Gasteiger partial charge in [-0.25, -0.2) is 0 Å². The van der Waals surface area contributed by atoms with E-state index in [0.717, 1.165) is 13.1 Å². The van der Waals surface area contributed by atoms with Gasteiger partial charge in [0.1, 0.15) is 5.71 Å². The Balaban J connectivity index is 2.08. The molecule has 2 N–H and O–H groups in total. The second kappa shape index (κ2) is 4.98. The second-order valence-corrected chi connectivity index (χ2v) is 4.80. The Kier molecular flexibility index (Phi) is 3.59. The molecule has 94 valence electrons. The molecule has 0 aromatic rings. The smallest absolute Gasteiger partial charge is 0.106 e. The maximum Gasteiger partial charge on any atom is 0.106 e. The number of hydrogen-bond acceptors (Lipinski definition) is 5. The molecule has 0 aromatic heterocycles. The fourth-order valence-electron chi connectivity index (χ4n) is 2.51. The first kappa shape index (κ1) is 12.3. The molecule has 1 heterocycles. The molecule has 5 nitrogen and oxygen atoms in total. The predicted molar refractivity (Wildman–Crippen MR) is 66.1 cm³/mol. The topological polar surface area (TPSA) is 68.9 Å². The normalized spacial score (nSPS) is 37.6. The molecule has 1 fully saturated rings. The van der Waals surface area contributed by atoms with Crippen LogP contribution in [0.15, 0.2) is 17.3 Å². The van der Waals surface area contributed by atoms with Gasteiger partial charge in [-0.05, 0) is 19.9 Å². The van der Waals surface area contributed by atoms with E-state index in [2.05, 4.69) is 23.9 Å². The maximum absolute atomic E-state index is 8.85. The zero-order chi connectivity index (χ0) is 12.4. The van der Waals surface area contributed by atoms with Gasteiger partial charge in [0.15, 0.2) is 0 Å². The number of allylic oxidation sites excluding steroid dienone is 1. The first-order chi connectivity index (χ1) is 8.10. The third-order valence-electron chi connectivity index (χ3n) is 3.24. The van der Waals surface area contributed by atoms with E-state index < -0.39 is 0 Å². The third-order valence-corrected chi connectivity index (χ3v) is 3.24. The molecule has 3 atom stereocenters. The zero-order valence-corrected chi connectivity index (χ0v) is 10.3. The minimum Gasteiger partial charge on any atom is -0.411 e. The van der Waals surface area contributed by atoms with E-state index in [1.165, 1.54) is 0 Å². The summed E-state index contributed by atoms with van der Waals surface area (Å²) < 4.78 is 5.69. The largest absolute Gasteiger partial charge is 0.411 e. The number of ether oxygens (including phenoxy) is 1. The van der Waals surface area contributed by atoms with Gasteiger partial charge in [-0.15, -0.1) is 0 Å². The quantitative estimate of drug-likeness (QED) is 0.533. The van der Waals surface area contributed by atoms with Crippen molar-refractivity contribution < 1.29 is 9.94 Å². The van der Waals surface area contributed by atoms with Crippen LogP contribution in [0, 0.1) is 5.41 Å². The number of nitrogens with one attached hydrogen (secondary N) is 1. The Morgan fingerprint density at radius 1 is 1.41 bits per heavy atom. The maximum atomic E-state index is 8.85. The summed E-state index contributed by atoms with van der Waals surface area (Å²) in [5.74, 6) is 0. The molecule has 17 heavy (non-hydrogen) atoms. The molecule has 2 rings (SSSR count). The summed E-state index contributed by atoms with van der Waals surface area (Å²) in [6, 6.07) is 0.212. The molecule has 0 saturated carbocycles. The second-order valence-electron chi connectivity index (χ2n) is 4.80. The van der Waals surface area contributed by atoms with E-state index in [0.29, 0.717) is 17.8 Å². The van der Waals surface area contributed by atoms with Gasteiger partial charge in [-0.1, -0.05) is 11.2 Å². The summed E-state index contributed by atoms with van der Waals surface area (Å²) in [7, 11) is 0. The lowest BCUT2D eigenvalue weighted by Crippen LogP contribution is -2.51. The van der Waals surface area contributed by atoms with Crippen molar-refractivity contribution in [3.8, 4) is 0 Å². The highest BCUT2D eigenvalue weighted by atomic mass is 16.5. The molecule has 1 saturated heterocycles. The first-order valence-electron chi connectivity index (χ1n) is 5.97. The molecule has 2 aliphatic rings. The average molecular weight is 237 g/mol. The van der Waals surface area contributed by atoms with Gasteiger partial charge in [-0.3, -0.25) is 10.3 Å². The SMILES string of the molecule is CC1CN(C2C=CC(=N)C(=NO)C2)CC(C)O1. The Morgan fingerprint density at radius 2 is 2.06 bits per heavy atom. The van der Waals surface area contributed by atoms with Crippen molar-refractivity contribution in [1.29, 1.82) is 5.41 Å². The highest BCUT2D eigenvalue weighted by Gasteiger charge is 2.29. The van der Waals surface area contributed by atoms with Gasteiger partial charge < -0.3 is 9.94 Å². The van der Waals surface area contributed by atoms with Gasteiger partial charge in [0.2, 0.25) is 0 Å². The van der Waals surface area contributed by atoms with E-state index in [9.17, 15) is 0 Å². The molecule has 0 spiro atoms. The molecule has 0 aromatic carbocycles. The summed E-state index contributed by atoms with van der Waals surface area (Å²) in [6.07, 6.45) is 4.78. The predicted octanol–water partition coefficient (Wildman–Crippen LogP) is 1.27. The Morgan fingerprint density at radius 3 is 2.65 bits per heavy atom. The zero-order valence-electron chi connectivity index (χ0n) is 10.3. The van der Waals surface area contributed by atoms with E-state index in [1.54, 1.807) is 6.08 Å². The van der Waals surface area contributed by atoms with Crippen LogP contribution in [0.2, 0.25) is 0 Å². The summed E-state index contributed by atoms with van der Waals surface area (Å²) in [6.45, 7) is 5.90. The van der Waals surface area contributed by atoms with Crippen LogP contribution in [0.5, 0.6) is 0 Å². The first-order valence-corrected chi connectivity index (χ1v) is 5.97. The molecular formula is C12H19N3O2. The van der Waals surface area contributed by atoms with Crippen molar-refractivity contribution in [2.45, 2.75) is 38.5 Å². The summed E-state index contributed by atoms with van der Waals surface area (Å²) in [5, 5.41) is 19.7. The standard InChI is InChI=1S/C12H19N3O2/c1-8-6-15(7-9(2)17-8)10-3-4-11(13)12(5-10)14-16/h3-4,8-10,13,16H,5-7H2,1-2H3. The van der Waals surface area contributed by atoms with Crippen molar-refractivity contribution >= 4 is 11.4 Å². The van der Waals surface area contributed by atoms with Crippen LogP contribution in [0.25, 0.3) is 0 Å². The van der Waals surface area contributed by atoms with Crippen LogP contribution >= 0.6 is 0 Å². The van der Waals surface area contributed by atoms with Crippen LogP contribution in [0.1, 0.15) is 20.3 Å². The number of hydrogen-bond donors (Lipinski definition) is 2. The molecule has 5 heteroatoms. The van der Waals surface area contributed by atoms with Gasteiger partial charge in [0.05, 0.1) is 17.9 Å². The van der Waals surface area contributed by atoms with Crippen molar-refractivity contribution in [3.63, 3.8) is 0 Å². The highest BCUT2D eigenvalue weighted by molar-refractivity contribution is 6.46. The van der Waals surface area contributed by atoms with Crippen LogP contribution in [0.3, 0.4) is 0 Å². The van der Waals surface area contributed by atoms with Gasteiger partial charge in [0, 0.05) is 25.6 Å². The van der Waals surface area contributed by atoms with E-state index in [-0.39, 0.29) is 18.2 Å². The lowest BCUT2D eigenvalue weighted by molar-refractivity contribution is -0.0746. The summed E-state index contributed by atoms with van der Waals surface area (Å²) in [5.41, 5.74) is 0.766. The number of morpholine rings is 1. The van der Waals surface area contributed by atoms with Crippen LogP contribution in [-0.2, 0) is 4.74 Å². The third kappa shape index (κ3) is 2.73. The number of nitrogens with zero attached hydrogens (tertiary/aromatic N) is 2. The molecule has 1 aliphatic carbocycles. The van der Waals surface area contributed by atoms with E-state index >= 15 is 0 Å². The lowest BCUT2D eigenvalue weighted by atomic mass is 9.96. The highest BCUT2D eigenvalue weighted by Crippen LogP contribution is 2.19. The van der Waals surface area contributed by atoms with E-state index in [1.807, 2.05) is 6.08 Å². The summed E-state index contributed by atoms with van der Waals surface area (Å²) >= 11 is 0. The Hall–Kier alpha value is -1.20. The van der Waals surface area contributed by atoms with E-state index in [4.69, 9.17) is 15.4 Å². The molecule has 0 radical (unpaired) electrons. The number of rotatable bonds is 1. The van der Waals surface area contributed by atoms with Crippen molar-refractivity contribution in [1.82, 2.24) is 4.90 Å². The Labute approximate surface area is 101 Å². The molecule has 0 bridgehead atoms. The minimum absolute atomic E-state index is 0.212. The van der Waals surface area contributed by atoms with Crippen molar-refractivity contribution in [2.75, 3.05) is 13.1 Å². The lowest BCUT2D eigenvalue weighted by Gasteiger charge is -2.40. The minimum atomic E-state index is 0.212. The number of oxime groups is 1. The van der Waals surface area contributed by atoms with Crippen LogP contribution in [-0.4, -0.2) is 52.9 Å². The molecule has 1 aliphatic heterocycles. The molecule has 0 amide bonds. The average Bonchev–Trinajstić information content (AvgIpc) is 2.28. The van der Waals surface area contributed by atoms with Crippen molar-refractivity contribution in [3.05, 3.63) is 12.2 Å². The van der Waals surface area contributed by atoms with Gasteiger partial charge in [0.25, 0.3) is 0 Å². The van der Waals surface area contributed by atoms with Crippen molar-refractivity contribution in [2.24, 2.45) is 5.16 Å². The summed E-state index contributed by atoms with van der Waals surface area (Å²) in [4.78, 5) is 2.33.